The molecule has 4 N–H and O–H groups in total. The van der Waals surface area contributed by atoms with Gasteiger partial charge in [-0.25, -0.2) is 4.79 Å². The molecular weight excluding hydrogens is 404 g/mol. The molecule has 3 aliphatic rings. The second-order valence-electron chi connectivity index (χ2n) is 10.4. The van der Waals surface area contributed by atoms with Gasteiger partial charge in [-0.15, -0.1) is 0 Å². The van der Waals surface area contributed by atoms with Crippen molar-refractivity contribution in [2.24, 2.45) is 11.7 Å². The maximum atomic E-state index is 12.5. The van der Waals surface area contributed by atoms with E-state index >= 15 is 0 Å². The number of alkyl carbamates (subject to hydrolysis) is 1. The second-order valence-corrected chi connectivity index (χ2v) is 10.4. The Morgan fingerprint density at radius 3 is 2.66 bits per heavy atom. The fourth-order valence-corrected chi connectivity index (χ4v) is 4.87. The summed E-state index contributed by atoms with van der Waals surface area (Å²) in [5, 5.41) is 6.45. The van der Waals surface area contributed by atoms with E-state index in [-0.39, 0.29) is 23.9 Å². The summed E-state index contributed by atoms with van der Waals surface area (Å²) < 4.78 is 5.51. The summed E-state index contributed by atoms with van der Waals surface area (Å²) in [4.78, 5) is 27.0. The van der Waals surface area contributed by atoms with Gasteiger partial charge in [-0.2, -0.15) is 0 Å². The number of ether oxygens (including phenoxy) is 1. The molecule has 0 aromatic carbocycles. The number of hydrogen-bond donors (Lipinski definition) is 3. The van der Waals surface area contributed by atoms with Crippen LogP contribution in [0.2, 0.25) is 0 Å². The summed E-state index contributed by atoms with van der Waals surface area (Å²) in [5.74, 6) is -0.216. The standard InChI is InChI=1S/C25H40N4O3/c1-17-21-14-11-15-29(21)18(2)20(27-23(31)32-24(3,4)5)13-10-8-6-7-9-12-19-16-25(19,28-17)22(26)30/h9,12,19-21,28H,1-2,6-8,10-11,13-16H2,3-5H3,(H2,26,30)(H,27,31)/b12-9-/t19-,20+,21+,25-/m1/s1. The topological polar surface area (TPSA) is 96.7 Å². The van der Waals surface area contributed by atoms with Crippen LogP contribution >= 0.6 is 0 Å². The molecule has 2 aliphatic heterocycles. The average Bonchev–Trinajstić information content (AvgIpc) is 3.16. The van der Waals surface area contributed by atoms with Crippen molar-refractivity contribution in [1.82, 2.24) is 15.5 Å². The van der Waals surface area contributed by atoms with Crippen LogP contribution in [0, 0.1) is 5.92 Å². The molecule has 3 rings (SSSR count). The molecule has 7 nitrogen and oxygen atoms in total. The van der Waals surface area contributed by atoms with Gasteiger partial charge in [0.25, 0.3) is 0 Å². The van der Waals surface area contributed by atoms with Crippen LogP contribution in [0.15, 0.2) is 36.7 Å². The van der Waals surface area contributed by atoms with Crippen molar-refractivity contribution >= 4 is 12.0 Å². The summed E-state index contributed by atoms with van der Waals surface area (Å²) in [6, 6.07) is -0.199. The van der Waals surface area contributed by atoms with Crippen LogP contribution in [0.25, 0.3) is 0 Å². The summed E-state index contributed by atoms with van der Waals surface area (Å²) in [6.07, 6.45) is 11.4. The molecule has 2 amide bonds. The molecule has 0 radical (unpaired) electrons. The van der Waals surface area contributed by atoms with E-state index in [0.29, 0.717) is 6.42 Å². The van der Waals surface area contributed by atoms with Crippen LogP contribution in [0.5, 0.6) is 0 Å². The Bertz CT molecular complexity index is 785. The van der Waals surface area contributed by atoms with Gasteiger partial charge in [-0.05, 0) is 59.3 Å². The van der Waals surface area contributed by atoms with Crippen molar-refractivity contribution in [3.63, 3.8) is 0 Å². The molecule has 2 fully saturated rings. The normalized spacial score (nSPS) is 32.5. The number of hydrogen-bond acceptors (Lipinski definition) is 5. The highest BCUT2D eigenvalue weighted by Gasteiger charge is 2.58. The Balaban J connectivity index is 1.79. The van der Waals surface area contributed by atoms with E-state index in [2.05, 4.69) is 40.8 Å². The van der Waals surface area contributed by atoms with Crippen LogP contribution < -0.4 is 16.4 Å². The van der Waals surface area contributed by atoms with E-state index in [1.807, 2.05) is 20.8 Å². The van der Waals surface area contributed by atoms with E-state index in [1.165, 1.54) is 0 Å². The van der Waals surface area contributed by atoms with Crippen molar-refractivity contribution in [2.45, 2.75) is 95.4 Å². The summed E-state index contributed by atoms with van der Waals surface area (Å²) in [5.41, 5.74) is 6.16. The van der Waals surface area contributed by atoms with Gasteiger partial charge in [0.05, 0.1) is 12.1 Å². The van der Waals surface area contributed by atoms with Crippen LogP contribution in [-0.4, -0.2) is 46.7 Å². The van der Waals surface area contributed by atoms with Gasteiger partial charge >= 0.3 is 6.09 Å². The van der Waals surface area contributed by atoms with E-state index < -0.39 is 17.2 Å². The van der Waals surface area contributed by atoms with Crippen molar-refractivity contribution in [3.8, 4) is 0 Å². The Morgan fingerprint density at radius 1 is 1.22 bits per heavy atom. The van der Waals surface area contributed by atoms with Gasteiger partial charge in [0.15, 0.2) is 0 Å². The average molecular weight is 445 g/mol. The smallest absolute Gasteiger partial charge is 0.408 e. The van der Waals surface area contributed by atoms with Gasteiger partial charge in [0, 0.05) is 23.9 Å². The first kappa shape index (κ1) is 24.2. The van der Waals surface area contributed by atoms with Gasteiger partial charge in [0.2, 0.25) is 5.91 Å². The molecule has 0 aromatic rings. The van der Waals surface area contributed by atoms with Crippen molar-refractivity contribution < 1.29 is 14.3 Å². The number of nitrogens with one attached hydrogen (secondary N) is 2. The van der Waals surface area contributed by atoms with Crippen LogP contribution in [0.4, 0.5) is 4.79 Å². The van der Waals surface area contributed by atoms with E-state index in [9.17, 15) is 9.59 Å². The molecule has 32 heavy (non-hydrogen) atoms. The first-order valence-corrected chi connectivity index (χ1v) is 11.9. The Morgan fingerprint density at radius 2 is 1.97 bits per heavy atom. The molecule has 0 spiro atoms. The number of fused-ring (bicyclic) bond motifs is 2. The lowest BCUT2D eigenvalue weighted by atomic mass is 10.0. The zero-order valence-corrected chi connectivity index (χ0v) is 19.9. The maximum Gasteiger partial charge on any atom is 0.408 e. The zero-order chi connectivity index (χ0) is 23.5. The SMILES string of the molecule is C=C1N[C@]2(C(N)=O)C[C@H]2/C=C\CCCCC[C@H](NC(=O)OC(C)(C)C)C(=C)N2CCC[C@@H]12. The zero-order valence-electron chi connectivity index (χ0n) is 19.9. The lowest BCUT2D eigenvalue weighted by Crippen LogP contribution is -2.50. The first-order valence-electron chi connectivity index (χ1n) is 11.9. The molecule has 0 aromatic heterocycles. The van der Waals surface area contributed by atoms with Gasteiger partial charge in [0.1, 0.15) is 11.1 Å². The van der Waals surface area contributed by atoms with E-state index in [0.717, 1.165) is 62.9 Å². The van der Waals surface area contributed by atoms with Crippen molar-refractivity contribution in [3.05, 3.63) is 36.7 Å². The fourth-order valence-electron chi connectivity index (χ4n) is 4.87. The predicted octanol–water partition coefficient (Wildman–Crippen LogP) is 3.73. The number of nitrogens with zero attached hydrogens (tertiary/aromatic N) is 1. The molecule has 178 valence electrons. The number of carbonyl (C=O) groups is 2. The Hall–Kier alpha value is -2.44. The van der Waals surface area contributed by atoms with Gasteiger partial charge < -0.3 is 26.0 Å². The fraction of sp³-hybridized carbons (Fsp3) is 0.680. The molecule has 2 heterocycles. The Kier molecular flexibility index (Phi) is 7.25. The molecule has 1 saturated heterocycles. The van der Waals surface area contributed by atoms with Crippen LogP contribution in [-0.2, 0) is 9.53 Å². The van der Waals surface area contributed by atoms with E-state index in [1.54, 1.807) is 0 Å². The third-order valence-corrected chi connectivity index (χ3v) is 6.69. The number of amides is 2. The van der Waals surface area contributed by atoms with Crippen LogP contribution in [0.1, 0.15) is 72.1 Å². The highest BCUT2D eigenvalue weighted by molar-refractivity contribution is 5.89. The third-order valence-electron chi connectivity index (χ3n) is 6.69. The van der Waals surface area contributed by atoms with Gasteiger partial charge in [-0.3, -0.25) is 4.79 Å². The first-order chi connectivity index (χ1) is 15.0. The third kappa shape index (κ3) is 5.67. The predicted molar refractivity (Wildman–Crippen MR) is 127 cm³/mol. The minimum absolute atomic E-state index is 0.0111. The largest absolute Gasteiger partial charge is 0.444 e. The molecule has 0 bridgehead atoms. The minimum atomic E-state index is -0.739. The number of nitrogens with two attached hydrogens (primary N) is 1. The molecule has 1 saturated carbocycles. The monoisotopic (exact) mass is 444 g/mol. The van der Waals surface area contributed by atoms with Gasteiger partial charge in [-0.1, -0.05) is 38.2 Å². The number of carbonyl (C=O) groups excluding carboxylic acids is 2. The minimum Gasteiger partial charge on any atom is -0.444 e. The molecular formula is C25H40N4O3. The Labute approximate surface area is 192 Å². The number of rotatable bonds is 2. The molecule has 7 heteroatoms. The lowest BCUT2D eigenvalue weighted by molar-refractivity contribution is -0.121. The highest BCUT2D eigenvalue weighted by atomic mass is 16.6. The molecule has 1 aliphatic carbocycles. The van der Waals surface area contributed by atoms with Crippen molar-refractivity contribution in [1.29, 1.82) is 0 Å². The summed E-state index contributed by atoms with van der Waals surface area (Å²) >= 11 is 0. The number of allylic oxidation sites excluding steroid dienone is 1. The second kappa shape index (κ2) is 9.59. The maximum absolute atomic E-state index is 12.5. The van der Waals surface area contributed by atoms with E-state index in [4.69, 9.17) is 10.5 Å². The summed E-state index contributed by atoms with van der Waals surface area (Å²) in [6.45, 7) is 15.1. The van der Waals surface area contributed by atoms with Crippen molar-refractivity contribution in [2.75, 3.05) is 6.54 Å². The molecule has 0 unspecified atom stereocenters. The molecule has 4 atom stereocenters. The summed E-state index contributed by atoms with van der Waals surface area (Å²) in [7, 11) is 0. The van der Waals surface area contributed by atoms with Crippen LogP contribution in [0.3, 0.4) is 0 Å². The lowest BCUT2D eigenvalue weighted by Gasteiger charge is -2.36. The quantitative estimate of drug-likeness (QED) is 0.564. The number of primary amides is 1. The highest BCUT2D eigenvalue weighted by Crippen LogP contribution is 2.46.